The molecule has 1 spiro atoms. The molecule has 0 amide bonds. The van der Waals surface area contributed by atoms with Crippen molar-refractivity contribution in [1.82, 2.24) is 0 Å². The maximum Gasteiger partial charge on any atom is 0.100 e. The summed E-state index contributed by atoms with van der Waals surface area (Å²) in [4.78, 5) is 0. The molecule has 5 aliphatic rings. The molecule has 0 aromatic carbocycles. The summed E-state index contributed by atoms with van der Waals surface area (Å²) >= 11 is 0. The lowest BCUT2D eigenvalue weighted by atomic mass is 9.44. The third-order valence-electron chi connectivity index (χ3n) is 11.2. The summed E-state index contributed by atoms with van der Waals surface area (Å²) in [7, 11) is 0. The van der Waals surface area contributed by atoms with Gasteiger partial charge in [0.05, 0.1) is 6.10 Å². The van der Waals surface area contributed by atoms with Gasteiger partial charge in [-0.1, -0.05) is 66.7 Å². The van der Waals surface area contributed by atoms with Gasteiger partial charge in [0, 0.05) is 5.41 Å². The summed E-state index contributed by atoms with van der Waals surface area (Å²) < 4.78 is 6.60. The zero-order valence-electron chi connectivity index (χ0n) is 19.4. The molecule has 5 fully saturated rings. The fraction of sp³-hybridized carbons (Fsp3) is 1.00. The molecule has 0 N–H and O–H groups in total. The van der Waals surface area contributed by atoms with E-state index in [0.29, 0.717) is 22.5 Å². The van der Waals surface area contributed by atoms with Gasteiger partial charge in [0.15, 0.2) is 0 Å². The number of epoxide rings is 1. The van der Waals surface area contributed by atoms with E-state index in [4.69, 9.17) is 4.74 Å². The molecule has 9 atom stereocenters. The minimum Gasteiger partial charge on any atom is -0.365 e. The Hall–Kier alpha value is -0.0400. The lowest BCUT2D eigenvalue weighted by molar-refractivity contribution is -0.100. The maximum atomic E-state index is 6.60. The van der Waals surface area contributed by atoms with Crippen LogP contribution < -0.4 is 0 Å². The highest BCUT2D eigenvalue weighted by molar-refractivity contribution is 5.23. The molecule has 1 aliphatic heterocycles. The quantitative estimate of drug-likeness (QED) is 0.442. The van der Waals surface area contributed by atoms with Crippen LogP contribution in [0.5, 0.6) is 0 Å². The summed E-state index contributed by atoms with van der Waals surface area (Å²) in [5.74, 6) is 5.69. The smallest absolute Gasteiger partial charge is 0.100 e. The van der Waals surface area contributed by atoms with Crippen LogP contribution in [-0.2, 0) is 4.74 Å². The Kier molecular flexibility index (Phi) is 4.78. The summed E-state index contributed by atoms with van der Waals surface area (Å²) in [5.41, 5.74) is 1.45. The molecular formula is C27H46O. The second-order valence-electron chi connectivity index (χ2n) is 12.8. The highest BCUT2D eigenvalue weighted by atomic mass is 16.6. The molecule has 4 aliphatic carbocycles. The van der Waals surface area contributed by atoms with Gasteiger partial charge >= 0.3 is 0 Å². The van der Waals surface area contributed by atoms with Crippen molar-refractivity contribution in [2.75, 3.05) is 0 Å². The predicted molar refractivity (Wildman–Crippen MR) is 117 cm³/mol. The number of fused-ring (bicyclic) bond motifs is 4. The highest BCUT2D eigenvalue weighted by Gasteiger charge is 2.75. The minimum absolute atomic E-state index is 0.322. The molecule has 160 valence electrons. The van der Waals surface area contributed by atoms with Crippen molar-refractivity contribution >= 4 is 0 Å². The first-order chi connectivity index (χ1) is 13.3. The van der Waals surface area contributed by atoms with Gasteiger partial charge in [-0.2, -0.15) is 0 Å². The van der Waals surface area contributed by atoms with Crippen molar-refractivity contribution in [3.05, 3.63) is 0 Å². The van der Waals surface area contributed by atoms with Gasteiger partial charge in [-0.15, -0.1) is 0 Å². The summed E-state index contributed by atoms with van der Waals surface area (Å²) in [5, 5.41) is 0. The molecule has 0 bridgehead atoms. The van der Waals surface area contributed by atoms with E-state index in [9.17, 15) is 0 Å². The van der Waals surface area contributed by atoms with Gasteiger partial charge < -0.3 is 4.74 Å². The Morgan fingerprint density at radius 1 is 0.893 bits per heavy atom. The predicted octanol–water partition coefficient (Wildman–Crippen LogP) is 7.63. The van der Waals surface area contributed by atoms with Crippen LogP contribution in [0.3, 0.4) is 0 Å². The Morgan fingerprint density at radius 2 is 1.68 bits per heavy atom. The topological polar surface area (TPSA) is 12.5 Å². The summed E-state index contributed by atoms with van der Waals surface area (Å²) in [6, 6.07) is 0. The van der Waals surface area contributed by atoms with Crippen LogP contribution in [0.4, 0.5) is 0 Å². The molecule has 28 heavy (non-hydrogen) atoms. The molecule has 0 unspecified atom stereocenters. The van der Waals surface area contributed by atoms with Crippen LogP contribution in [0.1, 0.15) is 112 Å². The van der Waals surface area contributed by atoms with Crippen molar-refractivity contribution in [2.24, 2.45) is 46.3 Å². The van der Waals surface area contributed by atoms with Crippen molar-refractivity contribution in [1.29, 1.82) is 0 Å². The van der Waals surface area contributed by atoms with Crippen molar-refractivity contribution in [3.8, 4) is 0 Å². The average molecular weight is 387 g/mol. The number of rotatable bonds is 5. The van der Waals surface area contributed by atoms with Crippen molar-refractivity contribution < 1.29 is 4.74 Å². The summed E-state index contributed by atoms with van der Waals surface area (Å²) in [6.07, 6.45) is 18.1. The van der Waals surface area contributed by atoms with E-state index in [1.165, 1.54) is 77.0 Å². The fourth-order valence-corrected chi connectivity index (χ4v) is 9.74. The zero-order chi connectivity index (χ0) is 19.7. The maximum absolute atomic E-state index is 6.60. The SMILES string of the molecule is CC(C)CCC[C@H](C)[C@@H]1CC[C@@H]2[C@H]3C[C@@H]4O[C@@]45CCCC[C@]5(C)[C@@H]3CC[C@]21C. The fourth-order valence-electron chi connectivity index (χ4n) is 9.74. The molecule has 0 radical (unpaired) electrons. The highest BCUT2D eigenvalue weighted by Crippen LogP contribution is 2.74. The molecule has 1 heterocycles. The van der Waals surface area contributed by atoms with Gasteiger partial charge in [-0.25, -0.2) is 0 Å². The molecule has 5 rings (SSSR count). The van der Waals surface area contributed by atoms with Crippen LogP contribution in [0.2, 0.25) is 0 Å². The number of ether oxygens (including phenoxy) is 1. The number of hydrogen-bond acceptors (Lipinski definition) is 1. The Labute approximate surface area is 174 Å². The third kappa shape index (κ3) is 2.66. The largest absolute Gasteiger partial charge is 0.365 e. The lowest BCUT2D eigenvalue weighted by Gasteiger charge is -2.59. The van der Waals surface area contributed by atoms with Gasteiger partial charge in [0.25, 0.3) is 0 Å². The second kappa shape index (κ2) is 6.73. The monoisotopic (exact) mass is 386 g/mol. The van der Waals surface area contributed by atoms with E-state index >= 15 is 0 Å². The third-order valence-corrected chi connectivity index (χ3v) is 11.2. The van der Waals surface area contributed by atoms with E-state index in [0.717, 1.165) is 35.5 Å². The van der Waals surface area contributed by atoms with Crippen molar-refractivity contribution in [3.63, 3.8) is 0 Å². The first-order valence-corrected chi connectivity index (χ1v) is 13.0. The van der Waals surface area contributed by atoms with E-state index in [-0.39, 0.29) is 0 Å². The molecule has 1 nitrogen and oxygen atoms in total. The van der Waals surface area contributed by atoms with Crippen LogP contribution in [-0.4, -0.2) is 11.7 Å². The molecule has 0 aromatic heterocycles. The first kappa shape index (κ1) is 19.9. The standard InChI is InChI=1S/C27H46O/c1-18(2)9-8-10-19(3)21-11-12-22-20-17-24-27(28-24)15-7-6-14-26(27,5)23(20)13-16-25(21,22)4/h18-24H,6-17H2,1-5H3/t19-,20+,21-,22+,23+,24-,25-,26+,27-/m0/s1. The molecule has 1 heteroatoms. The van der Waals surface area contributed by atoms with Crippen molar-refractivity contribution in [2.45, 2.75) is 123 Å². The number of hydrogen-bond donors (Lipinski definition) is 0. The van der Waals surface area contributed by atoms with Gasteiger partial charge in [-0.05, 0) is 85.9 Å². The zero-order valence-corrected chi connectivity index (χ0v) is 19.4. The van der Waals surface area contributed by atoms with E-state index < -0.39 is 0 Å². The summed E-state index contributed by atoms with van der Waals surface area (Å²) in [6.45, 7) is 12.8. The first-order valence-electron chi connectivity index (χ1n) is 13.0. The molecule has 0 aromatic rings. The van der Waals surface area contributed by atoms with Crippen LogP contribution in [0.15, 0.2) is 0 Å². The lowest BCUT2D eigenvalue weighted by Crippen LogP contribution is -2.57. The minimum atomic E-state index is 0.322. The van der Waals surface area contributed by atoms with Gasteiger partial charge in [-0.3, -0.25) is 0 Å². The van der Waals surface area contributed by atoms with Crippen LogP contribution >= 0.6 is 0 Å². The van der Waals surface area contributed by atoms with Gasteiger partial charge in [0.1, 0.15) is 5.60 Å². The Balaban J connectivity index is 1.33. The van der Waals surface area contributed by atoms with Gasteiger partial charge in [0.2, 0.25) is 0 Å². The Morgan fingerprint density at radius 3 is 2.46 bits per heavy atom. The van der Waals surface area contributed by atoms with E-state index in [1.54, 1.807) is 0 Å². The normalized spacial score (nSPS) is 53.1. The molecular weight excluding hydrogens is 340 g/mol. The molecule has 4 saturated carbocycles. The Bertz CT molecular complexity index is 597. The van der Waals surface area contributed by atoms with Crippen LogP contribution in [0, 0.1) is 46.3 Å². The van der Waals surface area contributed by atoms with E-state index in [1.807, 2.05) is 0 Å². The average Bonchev–Trinajstić information content (AvgIpc) is 3.23. The van der Waals surface area contributed by atoms with Crippen LogP contribution in [0.25, 0.3) is 0 Å². The second-order valence-corrected chi connectivity index (χ2v) is 12.8. The molecule has 1 saturated heterocycles. The van der Waals surface area contributed by atoms with E-state index in [2.05, 4.69) is 34.6 Å².